The monoisotopic (exact) mass is 267 g/mol. The van der Waals surface area contributed by atoms with Crippen LogP contribution in [-0.4, -0.2) is 18.6 Å². The molecular formula is C14H18ClNO2. The molecule has 1 aliphatic rings. The summed E-state index contributed by atoms with van der Waals surface area (Å²) in [5.74, 6) is 0.0240. The van der Waals surface area contributed by atoms with E-state index in [1.54, 1.807) is 0 Å². The van der Waals surface area contributed by atoms with Gasteiger partial charge in [-0.05, 0) is 43.9 Å². The van der Waals surface area contributed by atoms with Gasteiger partial charge in [0.1, 0.15) is 0 Å². The minimum Gasteiger partial charge on any atom is -0.378 e. The van der Waals surface area contributed by atoms with Crippen LogP contribution in [0.3, 0.4) is 0 Å². The molecule has 1 saturated heterocycles. The van der Waals surface area contributed by atoms with Gasteiger partial charge in [-0.1, -0.05) is 17.7 Å². The Morgan fingerprint density at radius 1 is 1.56 bits per heavy atom. The van der Waals surface area contributed by atoms with Gasteiger partial charge in [-0.3, -0.25) is 4.79 Å². The van der Waals surface area contributed by atoms with Crippen molar-refractivity contribution in [1.82, 2.24) is 0 Å². The van der Waals surface area contributed by atoms with Gasteiger partial charge in [-0.15, -0.1) is 0 Å². The molecule has 18 heavy (non-hydrogen) atoms. The molecule has 1 atom stereocenters. The SMILES string of the molecule is Cc1c(Cl)cccc1NC(=O)CCC1CCCO1. The van der Waals surface area contributed by atoms with E-state index in [-0.39, 0.29) is 12.0 Å². The second-order valence-corrected chi connectivity index (χ2v) is 5.04. The molecule has 0 aliphatic carbocycles. The molecule has 3 nitrogen and oxygen atoms in total. The number of carbonyl (C=O) groups is 1. The lowest BCUT2D eigenvalue weighted by atomic mass is 10.1. The molecule has 1 N–H and O–H groups in total. The molecule has 1 fully saturated rings. The van der Waals surface area contributed by atoms with Crippen molar-refractivity contribution in [1.29, 1.82) is 0 Å². The average molecular weight is 268 g/mol. The smallest absolute Gasteiger partial charge is 0.224 e. The summed E-state index contributed by atoms with van der Waals surface area (Å²) in [6.07, 6.45) is 3.74. The predicted octanol–water partition coefficient (Wildman–Crippen LogP) is 3.55. The van der Waals surface area contributed by atoms with Crippen molar-refractivity contribution in [3.8, 4) is 0 Å². The first-order valence-electron chi connectivity index (χ1n) is 6.33. The van der Waals surface area contributed by atoms with Crippen molar-refractivity contribution >= 4 is 23.2 Å². The third-order valence-electron chi connectivity index (χ3n) is 3.26. The summed E-state index contributed by atoms with van der Waals surface area (Å²) in [7, 11) is 0. The first-order chi connectivity index (χ1) is 8.66. The zero-order chi connectivity index (χ0) is 13.0. The molecule has 1 amide bonds. The largest absolute Gasteiger partial charge is 0.378 e. The normalized spacial score (nSPS) is 18.9. The Hall–Kier alpha value is -1.06. The maximum absolute atomic E-state index is 11.8. The highest BCUT2D eigenvalue weighted by atomic mass is 35.5. The first-order valence-corrected chi connectivity index (χ1v) is 6.71. The van der Waals surface area contributed by atoms with E-state index >= 15 is 0 Å². The van der Waals surface area contributed by atoms with Gasteiger partial charge >= 0.3 is 0 Å². The Labute approximate surface area is 112 Å². The Balaban J connectivity index is 1.84. The number of hydrogen-bond donors (Lipinski definition) is 1. The predicted molar refractivity (Wildman–Crippen MR) is 73.0 cm³/mol. The second kappa shape index (κ2) is 6.21. The molecule has 1 aromatic carbocycles. The van der Waals surface area contributed by atoms with E-state index in [0.29, 0.717) is 11.4 Å². The van der Waals surface area contributed by atoms with Gasteiger partial charge in [-0.2, -0.15) is 0 Å². The number of rotatable bonds is 4. The topological polar surface area (TPSA) is 38.3 Å². The van der Waals surface area contributed by atoms with E-state index in [2.05, 4.69) is 5.32 Å². The van der Waals surface area contributed by atoms with Gasteiger partial charge in [0.15, 0.2) is 0 Å². The number of hydrogen-bond acceptors (Lipinski definition) is 2. The lowest BCUT2D eigenvalue weighted by Gasteiger charge is -2.11. The molecule has 2 rings (SSSR count). The van der Waals surface area contributed by atoms with E-state index in [1.807, 2.05) is 25.1 Å². The van der Waals surface area contributed by atoms with Gasteiger partial charge in [0, 0.05) is 23.7 Å². The summed E-state index contributed by atoms with van der Waals surface area (Å²) < 4.78 is 5.50. The summed E-state index contributed by atoms with van der Waals surface area (Å²) in [5.41, 5.74) is 1.70. The Morgan fingerprint density at radius 2 is 2.39 bits per heavy atom. The fourth-order valence-corrected chi connectivity index (χ4v) is 2.29. The van der Waals surface area contributed by atoms with Crippen molar-refractivity contribution in [2.45, 2.75) is 38.7 Å². The summed E-state index contributed by atoms with van der Waals surface area (Å²) in [6, 6.07) is 5.52. The average Bonchev–Trinajstić information content (AvgIpc) is 2.86. The van der Waals surface area contributed by atoms with Crippen LogP contribution in [0.25, 0.3) is 0 Å². The maximum atomic E-state index is 11.8. The van der Waals surface area contributed by atoms with Crippen LogP contribution in [0.1, 0.15) is 31.2 Å². The van der Waals surface area contributed by atoms with Crippen molar-refractivity contribution in [3.05, 3.63) is 28.8 Å². The van der Waals surface area contributed by atoms with E-state index in [4.69, 9.17) is 16.3 Å². The third kappa shape index (κ3) is 3.47. The van der Waals surface area contributed by atoms with E-state index in [9.17, 15) is 4.79 Å². The quantitative estimate of drug-likeness (QED) is 0.906. The van der Waals surface area contributed by atoms with E-state index < -0.39 is 0 Å². The molecule has 0 radical (unpaired) electrons. The number of ether oxygens (including phenoxy) is 1. The standard InChI is InChI=1S/C14H18ClNO2/c1-10-12(15)5-2-6-13(10)16-14(17)8-7-11-4-3-9-18-11/h2,5-6,11H,3-4,7-9H2,1H3,(H,16,17). The molecule has 1 unspecified atom stereocenters. The molecule has 4 heteroatoms. The molecule has 1 heterocycles. The van der Waals surface area contributed by atoms with Gasteiger partial charge in [0.2, 0.25) is 5.91 Å². The van der Waals surface area contributed by atoms with Gasteiger partial charge in [-0.25, -0.2) is 0 Å². The number of nitrogens with one attached hydrogen (secondary N) is 1. The van der Waals surface area contributed by atoms with Gasteiger partial charge in [0.25, 0.3) is 0 Å². The number of benzene rings is 1. The fraction of sp³-hybridized carbons (Fsp3) is 0.500. The molecule has 1 aromatic rings. The second-order valence-electron chi connectivity index (χ2n) is 4.63. The first kappa shape index (κ1) is 13.4. The highest BCUT2D eigenvalue weighted by Crippen LogP contribution is 2.23. The fourth-order valence-electron chi connectivity index (χ4n) is 2.12. The number of halogens is 1. The Kier molecular flexibility index (Phi) is 4.61. The molecule has 0 spiro atoms. The Morgan fingerprint density at radius 3 is 3.11 bits per heavy atom. The highest BCUT2D eigenvalue weighted by Gasteiger charge is 2.17. The minimum absolute atomic E-state index is 0.0240. The zero-order valence-corrected chi connectivity index (χ0v) is 11.3. The number of amides is 1. The van der Waals surface area contributed by atoms with Crippen molar-refractivity contribution in [3.63, 3.8) is 0 Å². The van der Waals surface area contributed by atoms with Crippen molar-refractivity contribution in [2.24, 2.45) is 0 Å². The summed E-state index contributed by atoms with van der Waals surface area (Å²) >= 11 is 6.01. The molecule has 0 bridgehead atoms. The van der Waals surface area contributed by atoms with E-state index in [0.717, 1.165) is 37.1 Å². The number of carbonyl (C=O) groups excluding carboxylic acids is 1. The summed E-state index contributed by atoms with van der Waals surface area (Å²) in [5, 5.41) is 3.57. The number of anilines is 1. The molecule has 0 saturated carbocycles. The van der Waals surface area contributed by atoms with Crippen LogP contribution in [0.2, 0.25) is 5.02 Å². The molecular weight excluding hydrogens is 250 g/mol. The molecule has 0 aromatic heterocycles. The van der Waals surface area contributed by atoms with Crippen LogP contribution in [-0.2, 0) is 9.53 Å². The summed E-state index contributed by atoms with van der Waals surface area (Å²) in [6.45, 7) is 2.73. The van der Waals surface area contributed by atoms with Gasteiger partial charge < -0.3 is 10.1 Å². The van der Waals surface area contributed by atoms with Crippen LogP contribution < -0.4 is 5.32 Å². The lowest BCUT2D eigenvalue weighted by molar-refractivity contribution is -0.116. The third-order valence-corrected chi connectivity index (χ3v) is 3.67. The molecule has 1 aliphatic heterocycles. The minimum atomic E-state index is 0.0240. The Bertz CT molecular complexity index is 428. The van der Waals surface area contributed by atoms with E-state index in [1.165, 1.54) is 0 Å². The van der Waals surface area contributed by atoms with Crippen LogP contribution in [0.5, 0.6) is 0 Å². The van der Waals surface area contributed by atoms with Crippen LogP contribution >= 0.6 is 11.6 Å². The highest BCUT2D eigenvalue weighted by molar-refractivity contribution is 6.31. The van der Waals surface area contributed by atoms with Crippen LogP contribution in [0, 0.1) is 6.92 Å². The van der Waals surface area contributed by atoms with Crippen LogP contribution in [0.15, 0.2) is 18.2 Å². The molecule has 98 valence electrons. The lowest BCUT2D eigenvalue weighted by Crippen LogP contribution is -2.15. The maximum Gasteiger partial charge on any atom is 0.224 e. The summed E-state index contributed by atoms with van der Waals surface area (Å²) in [4.78, 5) is 11.8. The zero-order valence-electron chi connectivity index (χ0n) is 10.5. The van der Waals surface area contributed by atoms with Crippen LogP contribution in [0.4, 0.5) is 5.69 Å². The van der Waals surface area contributed by atoms with Crippen molar-refractivity contribution < 1.29 is 9.53 Å². The van der Waals surface area contributed by atoms with Crippen molar-refractivity contribution in [2.75, 3.05) is 11.9 Å². The van der Waals surface area contributed by atoms with Gasteiger partial charge in [0.05, 0.1) is 6.10 Å².